The Bertz CT molecular complexity index is 286. The van der Waals surface area contributed by atoms with Gasteiger partial charge in [0, 0.05) is 26.2 Å². The normalized spacial score (nSPS) is 24.1. The first-order valence-corrected chi connectivity index (χ1v) is 7.38. The van der Waals surface area contributed by atoms with Crippen molar-refractivity contribution in [3.63, 3.8) is 0 Å². The van der Waals surface area contributed by atoms with Gasteiger partial charge in [0.2, 0.25) is 5.91 Å². The lowest BCUT2D eigenvalue weighted by atomic mass is 10.2. The van der Waals surface area contributed by atoms with Crippen molar-refractivity contribution in [2.45, 2.75) is 45.5 Å². The highest BCUT2D eigenvalue weighted by atomic mass is 16.5. The Morgan fingerprint density at radius 3 is 2.90 bits per heavy atom. The van der Waals surface area contributed by atoms with Gasteiger partial charge in [-0.1, -0.05) is 0 Å². The van der Waals surface area contributed by atoms with E-state index in [9.17, 15) is 4.79 Å². The molecule has 0 aromatic heterocycles. The molecular formula is C14H28N2O4. The molecule has 2 N–H and O–H groups in total. The average Bonchev–Trinajstić information content (AvgIpc) is 2.37. The highest BCUT2D eigenvalue weighted by Gasteiger charge is 2.25. The summed E-state index contributed by atoms with van der Waals surface area (Å²) in [5.41, 5.74) is 0. The van der Waals surface area contributed by atoms with Crippen LogP contribution in [-0.4, -0.2) is 73.6 Å². The third kappa shape index (κ3) is 7.19. The smallest absolute Gasteiger partial charge is 0.234 e. The zero-order valence-corrected chi connectivity index (χ0v) is 12.8. The molecule has 0 aromatic rings. The van der Waals surface area contributed by atoms with E-state index in [1.54, 1.807) is 0 Å². The Hall–Kier alpha value is -0.690. The van der Waals surface area contributed by atoms with Gasteiger partial charge in [-0.2, -0.15) is 0 Å². The molecule has 6 heteroatoms. The molecule has 0 saturated carbocycles. The van der Waals surface area contributed by atoms with Gasteiger partial charge in [-0.05, 0) is 27.2 Å². The number of aliphatic hydroxyl groups excluding tert-OH is 1. The van der Waals surface area contributed by atoms with Crippen molar-refractivity contribution < 1.29 is 19.4 Å². The second kappa shape index (κ2) is 9.28. The molecule has 118 valence electrons. The van der Waals surface area contributed by atoms with Crippen LogP contribution in [-0.2, 0) is 14.3 Å². The van der Waals surface area contributed by atoms with Gasteiger partial charge in [0.25, 0.3) is 0 Å². The molecule has 6 nitrogen and oxygen atoms in total. The van der Waals surface area contributed by atoms with E-state index in [0.717, 1.165) is 13.0 Å². The molecule has 2 atom stereocenters. The highest BCUT2D eigenvalue weighted by Crippen LogP contribution is 2.10. The fourth-order valence-electron chi connectivity index (χ4n) is 2.25. The summed E-state index contributed by atoms with van der Waals surface area (Å²) in [5, 5.41) is 12.0. The SMILES string of the molecule is CC(C)OCCCNC(=O)CN1CC(C)OC(CO)C1. The monoisotopic (exact) mass is 288 g/mol. The molecule has 2 unspecified atom stereocenters. The lowest BCUT2D eigenvalue weighted by Gasteiger charge is -2.35. The van der Waals surface area contributed by atoms with E-state index in [1.807, 2.05) is 25.7 Å². The Labute approximate surface area is 121 Å². The molecule has 1 aliphatic rings. The molecule has 0 radical (unpaired) electrons. The maximum absolute atomic E-state index is 11.8. The molecule has 1 saturated heterocycles. The van der Waals surface area contributed by atoms with Crippen LogP contribution < -0.4 is 5.32 Å². The fourth-order valence-corrected chi connectivity index (χ4v) is 2.25. The Morgan fingerprint density at radius 1 is 1.50 bits per heavy atom. The summed E-state index contributed by atoms with van der Waals surface area (Å²) in [7, 11) is 0. The van der Waals surface area contributed by atoms with Crippen LogP contribution in [0.2, 0.25) is 0 Å². The van der Waals surface area contributed by atoms with Crippen molar-refractivity contribution in [3.8, 4) is 0 Å². The van der Waals surface area contributed by atoms with Crippen LogP contribution in [0.25, 0.3) is 0 Å². The van der Waals surface area contributed by atoms with Crippen molar-refractivity contribution in [2.24, 2.45) is 0 Å². The van der Waals surface area contributed by atoms with Crippen LogP contribution in [0.3, 0.4) is 0 Å². The van der Waals surface area contributed by atoms with E-state index in [0.29, 0.717) is 26.2 Å². The molecule has 1 fully saturated rings. The van der Waals surface area contributed by atoms with Gasteiger partial charge < -0.3 is 19.9 Å². The maximum Gasteiger partial charge on any atom is 0.234 e. The molecule has 1 rings (SSSR count). The number of aliphatic hydroxyl groups is 1. The number of ether oxygens (including phenoxy) is 2. The summed E-state index contributed by atoms with van der Waals surface area (Å²) in [5.74, 6) is 0.0142. The number of nitrogens with one attached hydrogen (secondary N) is 1. The molecule has 0 aromatic carbocycles. The van der Waals surface area contributed by atoms with E-state index < -0.39 is 0 Å². The number of carbonyl (C=O) groups is 1. The Kier molecular flexibility index (Phi) is 8.06. The Morgan fingerprint density at radius 2 is 2.25 bits per heavy atom. The number of morpholine rings is 1. The van der Waals surface area contributed by atoms with E-state index in [1.165, 1.54) is 0 Å². The van der Waals surface area contributed by atoms with Crippen LogP contribution in [0.15, 0.2) is 0 Å². The number of amides is 1. The highest BCUT2D eigenvalue weighted by molar-refractivity contribution is 5.77. The van der Waals surface area contributed by atoms with Crippen LogP contribution in [0.4, 0.5) is 0 Å². The molecule has 0 bridgehead atoms. The summed E-state index contributed by atoms with van der Waals surface area (Å²) in [6.45, 7) is 8.92. The van der Waals surface area contributed by atoms with Gasteiger partial charge in [0.05, 0.1) is 31.5 Å². The van der Waals surface area contributed by atoms with E-state index in [4.69, 9.17) is 14.6 Å². The zero-order chi connectivity index (χ0) is 15.0. The predicted molar refractivity (Wildman–Crippen MR) is 76.6 cm³/mol. The van der Waals surface area contributed by atoms with E-state index in [2.05, 4.69) is 5.32 Å². The second-order valence-corrected chi connectivity index (χ2v) is 5.57. The third-order valence-corrected chi connectivity index (χ3v) is 3.07. The molecular weight excluding hydrogens is 260 g/mol. The van der Waals surface area contributed by atoms with Crippen molar-refractivity contribution >= 4 is 5.91 Å². The number of carbonyl (C=O) groups excluding carboxylic acids is 1. The summed E-state index contributed by atoms with van der Waals surface area (Å²) in [4.78, 5) is 13.8. The van der Waals surface area contributed by atoms with Gasteiger partial charge in [0.15, 0.2) is 0 Å². The third-order valence-electron chi connectivity index (χ3n) is 3.07. The van der Waals surface area contributed by atoms with Crippen molar-refractivity contribution in [3.05, 3.63) is 0 Å². The molecule has 20 heavy (non-hydrogen) atoms. The van der Waals surface area contributed by atoms with Crippen molar-refractivity contribution in [2.75, 3.05) is 39.4 Å². The number of hydrogen-bond acceptors (Lipinski definition) is 5. The second-order valence-electron chi connectivity index (χ2n) is 5.57. The Balaban J connectivity index is 2.15. The number of rotatable bonds is 8. The number of nitrogens with zero attached hydrogens (tertiary/aromatic N) is 1. The summed E-state index contributed by atoms with van der Waals surface area (Å²) >= 11 is 0. The van der Waals surface area contributed by atoms with Crippen LogP contribution >= 0.6 is 0 Å². The van der Waals surface area contributed by atoms with E-state index >= 15 is 0 Å². The van der Waals surface area contributed by atoms with Crippen LogP contribution in [0, 0.1) is 0 Å². The van der Waals surface area contributed by atoms with Gasteiger partial charge in [-0.3, -0.25) is 9.69 Å². The summed E-state index contributed by atoms with van der Waals surface area (Å²) in [6.07, 6.45) is 0.915. The minimum absolute atomic E-state index is 0.00496. The van der Waals surface area contributed by atoms with Gasteiger partial charge in [-0.15, -0.1) is 0 Å². The maximum atomic E-state index is 11.8. The largest absolute Gasteiger partial charge is 0.394 e. The van der Waals surface area contributed by atoms with Crippen molar-refractivity contribution in [1.82, 2.24) is 10.2 Å². The molecule has 0 aliphatic carbocycles. The van der Waals surface area contributed by atoms with E-state index in [-0.39, 0.29) is 30.8 Å². The summed E-state index contributed by atoms with van der Waals surface area (Å²) < 4.78 is 11.0. The lowest BCUT2D eigenvalue weighted by molar-refractivity contribution is -0.128. The standard InChI is InChI=1S/C14H28N2O4/c1-11(2)19-6-4-5-15-14(18)9-16-7-12(3)20-13(8-16)10-17/h11-13,17H,4-10H2,1-3H3,(H,15,18). The van der Waals surface area contributed by atoms with Gasteiger partial charge in [0.1, 0.15) is 0 Å². The van der Waals surface area contributed by atoms with Crippen LogP contribution in [0.5, 0.6) is 0 Å². The first-order chi connectivity index (χ1) is 9.51. The zero-order valence-electron chi connectivity index (χ0n) is 12.8. The first kappa shape index (κ1) is 17.4. The quantitative estimate of drug-likeness (QED) is 0.615. The predicted octanol–water partition coefficient (Wildman–Crippen LogP) is -0.000700. The number of hydrogen-bond donors (Lipinski definition) is 2. The fraction of sp³-hybridized carbons (Fsp3) is 0.929. The van der Waals surface area contributed by atoms with Gasteiger partial charge >= 0.3 is 0 Å². The lowest BCUT2D eigenvalue weighted by Crippen LogP contribution is -2.51. The van der Waals surface area contributed by atoms with Crippen LogP contribution in [0.1, 0.15) is 27.2 Å². The molecule has 1 amide bonds. The molecule has 1 aliphatic heterocycles. The average molecular weight is 288 g/mol. The van der Waals surface area contributed by atoms with Crippen molar-refractivity contribution in [1.29, 1.82) is 0 Å². The minimum atomic E-state index is -0.189. The first-order valence-electron chi connectivity index (χ1n) is 7.38. The summed E-state index contributed by atoms with van der Waals surface area (Å²) in [6, 6.07) is 0. The molecule has 0 spiro atoms. The van der Waals surface area contributed by atoms with Gasteiger partial charge in [-0.25, -0.2) is 0 Å². The molecule has 1 heterocycles. The topological polar surface area (TPSA) is 71.0 Å². The minimum Gasteiger partial charge on any atom is -0.394 e.